The number of ether oxygens (including phenoxy) is 3. The fourth-order valence-corrected chi connectivity index (χ4v) is 3.55. The molecular weight excluding hydrogens is 312 g/mol. The van der Waals surface area contributed by atoms with Gasteiger partial charge in [-0.2, -0.15) is 0 Å². The summed E-state index contributed by atoms with van der Waals surface area (Å²) < 4.78 is 16.0. The van der Waals surface area contributed by atoms with Crippen LogP contribution in [-0.4, -0.2) is 36.8 Å². The molecule has 6 nitrogen and oxygen atoms in total. The molecule has 0 radical (unpaired) electrons. The minimum absolute atomic E-state index is 0.0447. The van der Waals surface area contributed by atoms with Gasteiger partial charge in [-0.1, -0.05) is 0 Å². The molecule has 1 aliphatic carbocycles. The van der Waals surface area contributed by atoms with E-state index in [1.165, 1.54) is 20.3 Å². The van der Waals surface area contributed by atoms with Gasteiger partial charge in [-0.15, -0.1) is 0 Å². The molecule has 0 bridgehead atoms. The third-order valence-corrected chi connectivity index (χ3v) is 4.84. The first-order valence-corrected chi connectivity index (χ1v) is 7.49. The molecule has 124 valence electrons. The Morgan fingerprint density at radius 1 is 1.08 bits per heavy atom. The normalized spacial score (nSPS) is 20.7. The Balaban J connectivity index is 1.82. The second kappa shape index (κ2) is 4.80. The third-order valence-electron chi connectivity index (χ3n) is 4.84. The van der Waals surface area contributed by atoms with Crippen LogP contribution in [0.1, 0.15) is 21.5 Å². The average molecular weight is 328 g/mol. The van der Waals surface area contributed by atoms with Crippen LogP contribution in [0.5, 0.6) is 28.7 Å². The first kappa shape index (κ1) is 14.7. The van der Waals surface area contributed by atoms with Crippen LogP contribution in [0.15, 0.2) is 24.3 Å². The van der Waals surface area contributed by atoms with Crippen molar-refractivity contribution in [3.05, 3.63) is 41.0 Å². The van der Waals surface area contributed by atoms with Crippen LogP contribution in [-0.2, 0) is 11.8 Å². The lowest BCUT2D eigenvalue weighted by Crippen LogP contribution is -2.52. The van der Waals surface area contributed by atoms with Gasteiger partial charge in [0.1, 0.15) is 29.4 Å². The summed E-state index contributed by atoms with van der Waals surface area (Å²) in [5.41, 5.74) is 0.958. The number of ketones is 1. The van der Waals surface area contributed by atoms with Crippen molar-refractivity contribution < 1.29 is 29.2 Å². The number of rotatable bonds is 2. The molecule has 0 fully saturated rings. The van der Waals surface area contributed by atoms with Crippen molar-refractivity contribution >= 4 is 5.78 Å². The highest BCUT2D eigenvalue weighted by atomic mass is 16.5. The quantitative estimate of drug-likeness (QED) is 0.879. The molecular formula is C18H16O6. The van der Waals surface area contributed by atoms with Crippen LogP contribution < -0.4 is 14.2 Å². The Morgan fingerprint density at radius 3 is 2.58 bits per heavy atom. The zero-order valence-corrected chi connectivity index (χ0v) is 13.3. The van der Waals surface area contributed by atoms with E-state index in [4.69, 9.17) is 14.2 Å². The van der Waals surface area contributed by atoms with E-state index in [-0.39, 0.29) is 29.5 Å². The van der Waals surface area contributed by atoms with Crippen LogP contribution in [0.3, 0.4) is 0 Å². The molecule has 1 atom stereocenters. The van der Waals surface area contributed by atoms with Crippen LogP contribution in [0.4, 0.5) is 0 Å². The molecule has 1 heterocycles. The highest BCUT2D eigenvalue weighted by Gasteiger charge is 2.54. The molecule has 1 aliphatic heterocycles. The number of aromatic hydroxyl groups is 2. The SMILES string of the molecule is COc1cc(O)c2c(c1)OCC1(Cc3cc(O)c(OC)cc31)C2=O. The van der Waals surface area contributed by atoms with Gasteiger partial charge in [0, 0.05) is 12.1 Å². The minimum atomic E-state index is -0.852. The predicted molar refractivity (Wildman–Crippen MR) is 84.5 cm³/mol. The number of carbonyl (C=O) groups excluding carboxylic acids is 1. The third kappa shape index (κ3) is 1.73. The van der Waals surface area contributed by atoms with Crippen molar-refractivity contribution in [3.8, 4) is 28.7 Å². The number of hydrogen-bond donors (Lipinski definition) is 2. The lowest BCUT2D eigenvalue weighted by atomic mass is 9.60. The molecule has 1 spiro atoms. The molecule has 2 aliphatic rings. The van der Waals surface area contributed by atoms with Crippen LogP contribution in [0.25, 0.3) is 0 Å². The number of hydrogen-bond acceptors (Lipinski definition) is 6. The van der Waals surface area contributed by atoms with Crippen LogP contribution in [0.2, 0.25) is 0 Å². The van der Waals surface area contributed by atoms with Crippen molar-refractivity contribution in [2.45, 2.75) is 11.8 Å². The highest BCUT2D eigenvalue weighted by Crippen LogP contribution is 2.52. The number of methoxy groups -OCH3 is 2. The summed E-state index contributed by atoms with van der Waals surface area (Å²) in [6.45, 7) is 0.173. The summed E-state index contributed by atoms with van der Waals surface area (Å²) >= 11 is 0. The summed E-state index contributed by atoms with van der Waals surface area (Å²) in [7, 11) is 2.94. The van der Waals surface area contributed by atoms with Gasteiger partial charge in [0.25, 0.3) is 0 Å². The molecule has 1 unspecified atom stereocenters. The largest absolute Gasteiger partial charge is 0.507 e. The standard InChI is InChI=1S/C18H16O6/c1-22-10-4-13(20)16-15(5-10)24-8-18(17(16)21)7-9-3-12(19)14(23-2)6-11(9)18/h3-6,19-20H,7-8H2,1-2H3. The lowest BCUT2D eigenvalue weighted by molar-refractivity contribution is 0.0723. The Labute approximate surface area is 138 Å². The summed E-state index contributed by atoms with van der Waals surface area (Å²) in [4.78, 5) is 13.1. The second-order valence-corrected chi connectivity index (χ2v) is 6.08. The summed E-state index contributed by atoms with van der Waals surface area (Å²) in [5.74, 6) is 0.752. The smallest absolute Gasteiger partial charge is 0.184 e. The van der Waals surface area contributed by atoms with E-state index in [1.54, 1.807) is 18.2 Å². The maximum Gasteiger partial charge on any atom is 0.184 e. The van der Waals surface area contributed by atoms with Crippen molar-refractivity contribution in [1.82, 2.24) is 0 Å². The van der Waals surface area contributed by atoms with E-state index in [1.807, 2.05) is 0 Å². The van der Waals surface area contributed by atoms with Gasteiger partial charge in [-0.25, -0.2) is 0 Å². The average Bonchev–Trinajstić information content (AvgIpc) is 2.55. The van der Waals surface area contributed by atoms with Crippen molar-refractivity contribution in [1.29, 1.82) is 0 Å². The van der Waals surface area contributed by atoms with E-state index in [0.29, 0.717) is 23.7 Å². The minimum Gasteiger partial charge on any atom is -0.507 e. The zero-order valence-electron chi connectivity index (χ0n) is 13.3. The Hall–Kier alpha value is -2.89. The molecule has 24 heavy (non-hydrogen) atoms. The van der Waals surface area contributed by atoms with E-state index in [0.717, 1.165) is 11.1 Å². The molecule has 0 amide bonds. The fraction of sp³-hybridized carbons (Fsp3) is 0.278. The molecule has 0 saturated carbocycles. The number of phenolic OH excluding ortho intramolecular Hbond substituents is 2. The number of fused-ring (bicyclic) bond motifs is 3. The predicted octanol–water partition coefficient (Wildman–Crippen LogP) is 2.18. The van der Waals surface area contributed by atoms with Crippen LogP contribution in [0, 0.1) is 0 Å². The summed E-state index contributed by atoms with van der Waals surface area (Å²) in [6.07, 6.45) is 0.448. The second-order valence-electron chi connectivity index (χ2n) is 6.08. The van der Waals surface area contributed by atoms with Gasteiger partial charge in [-0.3, -0.25) is 4.79 Å². The van der Waals surface area contributed by atoms with Gasteiger partial charge in [-0.05, 0) is 29.7 Å². The molecule has 2 aromatic carbocycles. The topological polar surface area (TPSA) is 85.2 Å². The number of phenols is 2. The van der Waals surface area contributed by atoms with E-state index in [9.17, 15) is 15.0 Å². The van der Waals surface area contributed by atoms with E-state index >= 15 is 0 Å². The van der Waals surface area contributed by atoms with E-state index in [2.05, 4.69) is 0 Å². The number of Topliss-reactive ketones (excluding diaryl/α,β-unsaturated/α-hetero) is 1. The highest BCUT2D eigenvalue weighted by molar-refractivity contribution is 6.11. The molecule has 2 aromatic rings. The van der Waals surface area contributed by atoms with Gasteiger partial charge in [0.2, 0.25) is 0 Å². The molecule has 0 saturated heterocycles. The molecule has 0 aromatic heterocycles. The Bertz CT molecular complexity index is 872. The van der Waals surface area contributed by atoms with Crippen LogP contribution >= 0.6 is 0 Å². The lowest BCUT2D eigenvalue weighted by Gasteiger charge is -2.45. The van der Waals surface area contributed by atoms with Gasteiger partial charge in [0.15, 0.2) is 17.3 Å². The van der Waals surface area contributed by atoms with Crippen molar-refractivity contribution in [3.63, 3.8) is 0 Å². The van der Waals surface area contributed by atoms with E-state index < -0.39 is 5.41 Å². The number of carbonyl (C=O) groups is 1. The fourth-order valence-electron chi connectivity index (χ4n) is 3.55. The summed E-state index contributed by atoms with van der Waals surface area (Å²) in [5, 5.41) is 20.1. The summed E-state index contributed by atoms with van der Waals surface area (Å²) in [6, 6.07) is 6.27. The maximum atomic E-state index is 13.1. The number of benzene rings is 2. The Kier molecular flexibility index (Phi) is 2.94. The zero-order chi connectivity index (χ0) is 17.1. The van der Waals surface area contributed by atoms with Crippen molar-refractivity contribution in [2.24, 2.45) is 0 Å². The van der Waals surface area contributed by atoms with Crippen molar-refractivity contribution in [2.75, 3.05) is 20.8 Å². The van der Waals surface area contributed by atoms with Gasteiger partial charge in [0.05, 0.1) is 19.6 Å². The van der Waals surface area contributed by atoms with Gasteiger partial charge >= 0.3 is 0 Å². The Morgan fingerprint density at radius 2 is 1.88 bits per heavy atom. The molecule has 6 heteroatoms. The monoisotopic (exact) mass is 328 g/mol. The molecule has 4 rings (SSSR count). The molecule has 2 N–H and O–H groups in total. The van der Waals surface area contributed by atoms with Gasteiger partial charge < -0.3 is 24.4 Å². The first-order chi connectivity index (χ1) is 11.5. The maximum absolute atomic E-state index is 13.1. The first-order valence-electron chi connectivity index (χ1n) is 7.49.